The van der Waals surface area contributed by atoms with Gasteiger partial charge in [-0.1, -0.05) is 6.07 Å². The highest BCUT2D eigenvalue weighted by molar-refractivity contribution is 5.60. The highest BCUT2D eigenvalue weighted by atomic mass is 16.5. The number of aromatic nitrogens is 2. The first-order valence-corrected chi connectivity index (χ1v) is 5.61. The maximum absolute atomic E-state index is 8.85. The number of nitrogen functional groups attached to an aromatic ring is 1. The Morgan fingerprint density at radius 2 is 2.21 bits per heavy atom. The molecule has 6 nitrogen and oxygen atoms in total. The van der Waals surface area contributed by atoms with Gasteiger partial charge in [-0.15, -0.1) is 0 Å². The van der Waals surface area contributed by atoms with E-state index in [4.69, 9.17) is 15.7 Å². The quantitative estimate of drug-likeness (QED) is 0.864. The average molecular weight is 255 g/mol. The fraction of sp³-hybridized carbons (Fsp3) is 0.154. The molecular weight excluding hydrogens is 242 g/mol. The van der Waals surface area contributed by atoms with Crippen LogP contribution in [-0.2, 0) is 11.3 Å². The number of benzene rings is 1. The predicted molar refractivity (Wildman–Crippen MR) is 71.6 cm³/mol. The standard InChI is InChI=1S/C13H13N5O/c1-19-8-13-17-11(15)6-12(18-13)16-10-4-2-3-9(5-10)7-14/h2-6H,8H2,1H3,(H3,15,16,17,18). The third kappa shape index (κ3) is 3.40. The second-order valence-corrected chi connectivity index (χ2v) is 3.84. The Kier molecular flexibility index (Phi) is 3.90. The molecule has 3 N–H and O–H groups in total. The number of nitrogens with zero attached hydrogens (tertiary/aromatic N) is 3. The van der Waals surface area contributed by atoms with Gasteiger partial charge >= 0.3 is 0 Å². The minimum atomic E-state index is 0.290. The predicted octanol–water partition coefficient (Wildman–Crippen LogP) is 1.82. The smallest absolute Gasteiger partial charge is 0.158 e. The first-order chi connectivity index (χ1) is 9.21. The van der Waals surface area contributed by atoms with Crippen LogP contribution in [0, 0.1) is 11.3 Å². The van der Waals surface area contributed by atoms with E-state index in [2.05, 4.69) is 21.4 Å². The molecule has 0 unspecified atom stereocenters. The molecule has 1 aromatic carbocycles. The van der Waals surface area contributed by atoms with Gasteiger partial charge in [0.2, 0.25) is 0 Å². The van der Waals surface area contributed by atoms with Crippen molar-refractivity contribution in [3.63, 3.8) is 0 Å². The summed E-state index contributed by atoms with van der Waals surface area (Å²) in [6.07, 6.45) is 0. The van der Waals surface area contributed by atoms with E-state index in [1.165, 1.54) is 0 Å². The van der Waals surface area contributed by atoms with Crippen molar-refractivity contribution in [2.45, 2.75) is 6.61 Å². The third-order valence-electron chi connectivity index (χ3n) is 2.33. The zero-order valence-electron chi connectivity index (χ0n) is 10.4. The number of nitriles is 1. The van der Waals surface area contributed by atoms with Crippen LogP contribution in [0.2, 0.25) is 0 Å². The first-order valence-electron chi connectivity index (χ1n) is 5.61. The lowest BCUT2D eigenvalue weighted by atomic mass is 10.2. The van der Waals surface area contributed by atoms with Gasteiger partial charge in [0.25, 0.3) is 0 Å². The van der Waals surface area contributed by atoms with Gasteiger partial charge < -0.3 is 15.8 Å². The van der Waals surface area contributed by atoms with Crippen LogP contribution < -0.4 is 11.1 Å². The Hall–Kier alpha value is -2.65. The molecule has 19 heavy (non-hydrogen) atoms. The van der Waals surface area contributed by atoms with Crippen molar-refractivity contribution in [3.05, 3.63) is 41.7 Å². The van der Waals surface area contributed by atoms with Gasteiger partial charge in [-0.3, -0.25) is 0 Å². The molecule has 6 heteroatoms. The second-order valence-electron chi connectivity index (χ2n) is 3.84. The summed E-state index contributed by atoms with van der Waals surface area (Å²) >= 11 is 0. The van der Waals surface area contributed by atoms with Gasteiger partial charge in [-0.25, -0.2) is 9.97 Å². The molecule has 0 bridgehead atoms. The molecule has 96 valence electrons. The van der Waals surface area contributed by atoms with E-state index in [-0.39, 0.29) is 6.61 Å². The molecule has 0 aliphatic rings. The number of methoxy groups -OCH3 is 1. The second kappa shape index (κ2) is 5.80. The highest BCUT2D eigenvalue weighted by Crippen LogP contribution is 2.17. The largest absolute Gasteiger partial charge is 0.384 e. The van der Waals surface area contributed by atoms with Gasteiger partial charge in [0.15, 0.2) is 5.82 Å². The number of nitrogens with one attached hydrogen (secondary N) is 1. The summed E-state index contributed by atoms with van der Waals surface area (Å²) in [6, 6.07) is 10.8. The molecule has 2 rings (SSSR count). The Balaban J connectivity index is 2.25. The van der Waals surface area contributed by atoms with Gasteiger partial charge in [0.1, 0.15) is 18.2 Å². The summed E-state index contributed by atoms with van der Waals surface area (Å²) < 4.78 is 4.97. The molecule has 0 aliphatic carbocycles. The van der Waals surface area contributed by atoms with E-state index >= 15 is 0 Å². The lowest BCUT2D eigenvalue weighted by Crippen LogP contribution is -2.04. The number of rotatable bonds is 4. The molecule has 0 aliphatic heterocycles. The normalized spacial score (nSPS) is 9.89. The molecule has 0 fully saturated rings. The number of nitrogens with two attached hydrogens (primary N) is 1. The van der Waals surface area contributed by atoms with Crippen molar-refractivity contribution < 1.29 is 4.74 Å². The highest BCUT2D eigenvalue weighted by Gasteiger charge is 2.03. The average Bonchev–Trinajstić information content (AvgIpc) is 2.38. The minimum absolute atomic E-state index is 0.290. The van der Waals surface area contributed by atoms with Crippen LogP contribution in [0.4, 0.5) is 17.3 Å². The Morgan fingerprint density at radius 3 is 2.95 bits per heavy atom. The van der Waals surface area contributed by atoms with E-state index < -0.39 is 0 Å². The van der Waals surface area contributed by atoms with E-state index in [0.29, 0.717) is 23.0 Å². The van der Waals surface area contributed by atoms with E-state index in [0.717, 1.165) is 5.69 Å². The lowest BCUT2D eigenvalue weighted by Gasteiger charge is -2.08. The maximum Gasteiger partial charge on any atom is 0.158 e. The summed E-state index contributed by atoms with van der Waals surface area (Å²) in [6.45, 7) is 0.290. The van der Waals surface area contributed by atoms with E-state index in [9.17, 15) is 0 Å². The summed E-state index contributed by atoms with van der Waals surface area (Å²) in [5, 5.41) is 11.9. The maximum atomic E-state index is 8.85. The van der Waals surface area contributed by atoms with Crippen LogP contribution in [0.25, 0.3) is 0 Å². The minimum Gasteiger partial charge on any atom is -0.384 e. The third-order valence-corrected chi connectivity index (χ3v) is 2.33. The molecular formula is C13H13N5O. The Morgan fingerprint density at radius 1 is 1.37 bits per heavy atom. The summed E-state index contributed by atoms with van der Waals surface area (Å²) in [5.41, 5.74) is 7.04. The van der Waals surface area contributed by atoms with Crippen LogP contribution in [0.1, 0.15) is 11.4 Å². The first kappa shape index (κ1) is 12.8. The van der Waals surface area contributed by atoms with Crippen molar-refractivity contribution in [1.29, 1.82) is 5.26 Å². The molecule has 0 atom stereocenters. The van der Waals surface area contributed by atoms with Gasteiger partial charge in [-0.05, 0) is 18.2 Å². The van der Waals surface area contributed by atoms with E-state index in [1.807, 2.05) is 6.07 Å². The fourth-order valence-electron chi connectivity index (χ4n) is 1.59. The molecule has 0 amide bonds. The zero-order chi connectivity index (χ0) is 13.7. The lowest BCUT2D eigenvalue weighted by molar-refractivity contribution is 0.178. The topological polar surface area (TPSA) is 96.9 Å². The summed E-state index contributed by atoms with van der Waals surface area (Å²) in [7, 11) is 1.57. The summed E-state index contributed by atoms with van der Waals surface area (Å²) in [5.74, 6) is 1.43. The van der Waals surface area contributed by atoms with Crippen molar-refractivity contribution in [2.24, 2.45) is 0 Å². The van der Waals surface area contributed by atoms with Crippen molar-refractivity contribution >= 4 is 17.3 Å². The van der Waals surface area contributed by atoms with Gasteiger partial charge in [0.05, 0.1) is 11.6 Å². The Bertz CT molecular complexity index is 621. The molecule has 1 aromatic heterocycles. The molecule has 0 spiro atoms. The van der Waals surface area contributed by atoms with Crippen LogP contribution in [0.15, 0.2) is 30.3 Å². The van der Waals surface area contributed by atoms with Crippen molar-refractivity contribution in [1.82, 2.24) is 9.97 Å². The van der Waals surface area contributed by atoms with Crippen LogP contribution in [0.3, 0.4) is 0 Å². The Labute approximate surface area is 110 Å². The number of hydrogen-bond donors (Lipinski definition) is 2. The van der Waals surface area contributed by atoms with Crippen LogP contribution >= 0.6 is 0 Å². The molecule has 2 aromatic rings. The SMILES string of the molecule is COCc1nc(N)cc(Nc2cccc(C#N)c2)n1. The summed E-state index contributed by atoms with van der Waals surface area (Å²) in [4.78, 5) is 8.31. The molecule has 0 radical (unpaired) electrons. The fourth-order valence-corrected chi connectivity index (χ4v) is 1.59. The molecule has 0 saturated heterocycles. The molecule has 1 heterocycles. The van der Waals surface area contributed by atoms with Crippen LogP contribution in [-0.4, -0.2) is 17.1 Å². The number of anilines is 3. The van der Waals surface area contributed by atoms with Crippen molar-refractivity contribution in [3.8, 4) is 6.07 Å². The van der Waals surface area contributed by atoms with Gasteiger partial charge in [-0.2, -0.15) is 5.26 Å². The van der Waals surface area contributed by atoms with Gasteiger partial charge in [0, 0.05) is 18.9 Å². The number of hydrogen-bond acceptors (Lipinski definition) is 6. The van der Waals surface area contributed by atoms with Crippen LogP contribution in [0.5, 0.6) is 0 Å². The monoisotopic (exact) mass is 255 g/mol. The number of ether oxygens (including phenoxy) is 1. The van der Waals surface area contributed by atoms with E-state index in [1.54, 1.807) is 31.4 Å². The van der Waals surface area contributed by atoms with Crippen molar-refractivity contribution in [2.75, 3.05) is 18.2 Å². The zero-order valence-corrected chi connectivity index (χ0v) is 10.4. The molecule has 0 saturated carbocycles.